The van der Waals surface area contributed by atoms with E-state index in [2.05, 4.69) is 30.5 Å². The summed E-state index contributed by atoms with van der Waals surface area (Å²) in [5, 5.41) is 0. The molecule has 0 amide bonds. The summed E-state index contributed by atoms with van der Waals surface area (Å²) in [7, 11) is 0. The van der Waals surface area contributed by atoms with Crippen molar-refractivity contribution >= 4 is 34.9 Å². The lowest BCUT2D eigenvalue weighted by atomic mass is 10.2. The largest absolute Gasteiger partial charge is 0.293 e. The lowest BCUT2D eigenvalue weighted by Crippen LogP contribution is -1.97. The van der Waals surface area contributed by atoms with Crippen molar-refractivity contribution in [2.75, 3.05) is 6.26 Å². The molecule has 3 aromatic carbocycles. The smallest absolute Gasteiger partial charge is 0.138 e. The first-order valence-corrected chi connectivity index (χ1v) is 9.52. The minimum atomic E-state index is -0.246. The molecule has 0 atom stereocenters. The fourth-order valence-corrected chi connectivity index (χ4v) is 3.31. The van der Waals surface area contributed by atoms with E-state index in [1.165, 1.54) is 17.0 Å². The maximum atomic E-state index is 13.3. The van der Waals surface area contributed by atoms with Crippen molar-refractivity contribution in [2.24, 2.45) is 0 Å². The summed E-state index contributed by atoms with van der Waals surface area (Å²) >= 11 is 1.72. The number of benzene rings is 3. The van der Waals surface area contributed by atoms with Gasteiger partial charge in [0, 0.05) is 10.6 Å². The van der Waals surface area contributed by atoms with E-state index in [0.29, 0.717) is 0 Å². The third-order valence-corrected chi connectivity index (χ3v) is 4.96. The van der Waals surface area contributed by atoms with Crippen LogP contribution in [0.15, 0.2) is 77.7 Å². The molecule has 128 valence electrons. The number of imidazole rings is 1. The normalized spacial score (nSPS) is 11.5. The number of thioether (sulfide) groups is 1. The Balaban J connectivity index is 1.79. The summed E-state index contributed by atoms with van der Waals surface area (Å²) in [4.78, 5) is 5.98. The molecule has 0 saturated heterocycles. The number of aromatic nitrogens is 2. The first-order valence-electron chi connectivity index (χ1n) is 8.30. The van der Waals surface area contributed by atoms with Gasteiger partial charge in [-0.25, -0.2) is 9.37 Å². The minimum Gasteiger partial charge on any atom is -0.293 e. The highest BCUT2D eigenvalue weighted by Crippen LogP contribution is 2.23. The molecule has 26 heavy (non-hydrogen) atoms. The molecule has 0 aliphatic rings. The lowest BCUT2D eigenvalue weighted by molar-refractivity contribution is 0.627. The van der Waals surface area contributed by atoms with Crippen molar-refractivity contribution in [3.63, 3.8) is 0 Å². The van der Waals surface area contributed by atoms with Gasteiger partial charge in [0.1, 0.15) is 11.6 Å². The Hall–Kier alpha value is -2.85. The molecule has 4 heteroatoms. The van der Waals surface area contributed by atoms with E-state index in [0.717, 1.165) is 28.1 Å². The molecular weight excluding hydrogens is 343 g/mol. The van der Waals surface area contributed by atoms with Crippen LogP contribution in [0.5, 0.6) is 0 Å². The van der Waals surface area contributed by atoms with E-state index in [9.17, 15) is 4.39 Å². The summed E-state index contributed by atoms with van der Waals surface area (Å²) in [5.41, 5.74) is 3.91. The predicted octanol–water partition coefficient (Wildman–Crippen LogP) is 6.06. The molecule has 0 fully saturated rings. The Kier molecular flexibility index (Phi) is 4.59. The van der Waals surface area contributed by atoms with Gasteiger partial charge in [-0.1, -0.05) is 30.3 Å². The van der Waals surface area contributed by atoms with E-state index in [4.69, 9.17) is 4.98 Å². The molecule has 0 spiro atoms. The molecule has 0 bridgehead atoms. The molecule has 0 unspecified atom stereocenters. The molecule has 4 aromatic rings. The third kappa shape index (κ3) is 3.28. The fourth-order valence-electron chi connectivity index (χ4n) is 2.90. The first kappa shape index (κ1) is 16.6. The average Bonchev–Trinajstić information content (AvgIpc) is 3.06. The van der Waals surface area contributed by atoms with Crippen molar-refractivity contribution in [2.45, 2.75) is 4.90 Å². The van der Waals surface area contributed by atoms with Gasteiger partial charge in [0.15, 0.2) is 0 Å². The van der Waals surface area contributed by atoms with Gasteiger partial charge in [0.2, 0.25) is 0 Å². The molecule has 1 aromatic heterocycles. The number of nitrogens with zero attached hydrogens (tertiary/aromatic N) is 2. The van der Waals surface area contributed by atoms with Gasteiger partial charge in [-0.2, -0.15) is 0 Å². The van der Waals surface area contributed by atoms with Gasteiger partial charge in [-0.05, 0) is 66.4 Å². The van der Waals surface area contributed by atoms with Crippen LogP contribution in [-0.2, 0) is 0 Å². The molecule has 2 nitrogen and oxygen atoms in total. The second-order valence-electron chi connectivity index (χ2n) is 5.88. The summed E-state index contributed by atoms with van der Waals surface area (Å²) in [6.07, 6.45) is 6.11. The number of hydrogen-bond donors (Lipinski definition) is 0. The number of para-hydroxylation sites is 2. The Bertz CT molecular complexity index is 1060. The van der Waals surface area contributed by atoms with E-state index < -0.39 is 0 Å². The zero-order valence-corrected chi connectivity index (χ0v) is 15.1. The Morgan fingerprint density at radius 3 is 2.35 bits per heavy atom. The van der Waals surface area contributed by atoms with Crippen molar-refractivity contribution in [3.8, 4) is 5.69 Å². The second-order valence-corrected chi connectivity index (χ2v) is 6.76. The van der Waals surface area contributed by atoms with Crippen LogP contribution in [0.1, 0.15) is 11.4 Å². The molecule has 0 aliphatic carbocycles. The highest BCUT2D eigenvalue weighted by atomic mass is 32.2. The number of halogens is 1. The van der Waals surface area contributed by atoms with Crippen LogP contribution < -0.4 is 0 Å². The Morgan fingerprint density at radius 2 is 1.62 bits per heavy atom. The molecule has 0 N–H and O–H groups in total. The van der Waals surface area contributed by atoms with Crippen LogP contribution in [0, 0.1) is 5.82 Å². The van der Waals surface area contributed by atoms with E-state index in [1.54, 1.807) is 23.9 Å². The zero-order valence-electron chi connectivity index (χ0n) is 14.3. The van der Waals surface area contributed by atoms with Gasteiger partial charge < -0.3 is 0 Å². The summed E-state index contributed by atoms with van der Waals surface area (Å²) in [6.45, 7) is 0. The molecule has 1 heterocycles. The van der Waals surface area contributed by atoms with Gasteiger partial charge in [0.25, 0.3) is 0 Å². The average molecular weight is 360 g/mol. The van der Waals surface area contributed by atoms with E-state index in [-0.39, 0.29) is 5.82 Å². The highest BCUT2D eigenvalue weighted by molar-refractivity contribution is 7.98. The van der Waals surface area contributed by atoms with Gasteiger partial charge in [-0.3, -0.25) is 4.57 Å². The molecule has 0 aliphatic heterocycles. The van der Waals surface area contributed by atoms with E-state index in [1.807, 2.05) is 41.0 Å². The second kappa shape index (κ2) is 7.18. The number of fused-ring (bicyclic) bond motifs is 1. The van der Waals surface area contributed by atoms with Gasteiger partial charge in [0.05, 0.1) is 11.0 Å². The quantitative estimate of drug-likeness (QED) is 0.412. The van der Waals surface area contributed by atoms with Crippen LogP contribution >= 0.6 is 11.8 Å². The topological polar surface area (TPSA) is 17.8 Å². The summed E-state index contributed by atoms with van der Waals surface area (Å²) in [5.74, 6) is 0.566. The van der Waals surface area contributed by atoms with Crippen LogP contribution in [0.4, 0.5) is 4.39 Å². The number of hydrogen-bond acceptors (Lipinski definition) is 2. The monoisotopic (exact) mass is 360 g/mol. The Morgan fingerprint density at radius 1 is 0.885 bits per heavy atom. The maximum Gasteiger partial charge on any atom is 0.138 e. The summed E-state index contributed by atoms with van der Waals surface area (Å²) < 4.78 is 15.4. The van der Waals surface area contributed by atoms with Crippen molar-refractivity contribution in [3.05, 3.63) is 90.0 Å². The molecule has 0 radical (unpaired) electrons. The predicted molar refractivity (Wildman–Crippen MR) is 108 cm³/mol. The van der Waals surface area contributed by atoms with Crippen molar-refractivity contribution < 1.29 is 4.39 Å². The van der Waals surface area contributed by atoms with Crippen LogP contribution in [-0.4, -0.2) is 15.8 Å². The minimum absolute atomic E-state index is 0.246. The van der Waals surface area contributed by atoms with Crippen LogP contribution in [0.3, 0.4) is 0 Å². The zero-order chi connectivity index (χ0) is 17.9. The lowest BCUT2D eigenvalue weighted by Gasteiger charge is -2.07. The first-order chi connectivity index (χ1) is 12.7. The molecule has 0 saturated carbocycles. The van der Waals surface area contributed by atoms with Gasteiger partial charge >= 0.3 is 0 Å². The maximum absolute atomic E-state index is 13.3. The fraction of sp³-hybridized carbons (Fsp3) is 0.0455. The standard InChI is InChI=1S/C22H17FN2S/c1-26-19-13-6-16(7-14-19)8-15-22-24-20-4-2-3-5-21(20)25(22)18-11-9-17(23)10-12-18/h2-15H,1H3. The van der Waals surface area contributed by atoms with E-state index >= 15 is 0 Å². The van der Waals surface area contributed by atoms with Crippen LogP contribution in [0.2, 0.25) is 0 Å². The van der Waals surface area contributed by atoms with Crippen LogP contribution in [0.25, 0.3) is 28.9 Å². The highest BCUT2D eigenvalue weighted by Gasteiger charge is 2.10. The molecular formula is C22H17FN2S. The Labute approximate surface area is 156 Å². The van der Waals surface area contributed by atoms with Crippen molar-refractivity contribution in [1.82, 2.24) is 9.55 Å². The third-order valence-electron chi connectivity index (χ3n) is 4.21. The van der Waals surface area contributed by atoms with Gasteiger partial charge in [-0.15, -0.1) is 11.8 Å². The number of rotatable bonds is 4. The molecule has 4 rings (SSSR count). The SMILES string of the molecule is CSc1ccc(C=Cc2nc3ccccc3n2-c2ccc(F)cc2)cc1. The van der Waals surface area contributed by atoms with Crippen molar-refractivity contribution in [1.29, 1.82) is 0 Å². The summed E-state index contributed by atoms with van der Waals surface area (Å²) in [6, 6.07) is 22.8.